The van der Waals surface area contributed by atoms with Crippen LogP contribution in [0.4, 0.5) is 0 Å². The van der Waals surface area contributed by atoms with Gasteiger partial charge in [0.15, 0.2) is 0 Å². The predicted molar refractivity (Wildman–Crippen MR) is 71.8 cm³/mol. The van der Waals surface area contributed by atoms with Crippen molar-refractivity contribution in [2.75, 3.05) is 26.3 Å². The third kappa shape index (κ3) is 1.94. The molecule has 20 heavy (non-hydrogen) atoms. The number of hydrogen-bond donors (Lipinski definition) is 1. The summed E-state index contributed by atoms with van der Waals surface area (Å²) in [6, 6.07) is 0. The van der Waals surface area contributed by atoms with Crippen molar-refractivity contribution < 1.29 is 14.3 Å². The van der Waals surface area contributed by atoms with Gasteiger partial charge in [0.25, 0.3) is 0 Å². The number of ether oxygens (including phenoxy) is 1. The molecule has 2 amide bonds. The van der Waals surface area contributed by atoms with Crippen LogP contribution in [0.1, 0.15) is 32.1 Å². The van der Waals surface area contributed by atoms with E-state index in [0.717, 1.165) is 52.0 Å². The molecule has 3 saturated heterocycles. The molecule has 4 aliphatic rings. The highest BCUT2D eigenvalue weighted by Crippen LogP contribution is 2.51. The van der Waals surface area contributed by atoms with E-state index < -0.39 is 0 Å². The first-order chi connectivity index (χ1) is 9.69. The molecule has 1 spiro atoms. The summed E-state index contributed by atoms with van der Waals surface area (Å²) in [4.78, 5) is 26.1. The lowest BCUT2D eigenvalue weighted by molar-refractivity contribution is -0.134. The molecule has 1 N–H and O–H groups in total. The molecular weight excluding hydrogens is 256 g/mol. The first-order valence-electron chi connectivity index (χ1n) is 7.86. The van der Waals surface area contributed by atoms with E-state index in [1.807, 2.05) is 4.90 Å². The Hall–Kier alpha value is -1.10. The standard InChI is InChI=1S/C15H22N2O3/c18-12-2-4-15(16-12)3-1-6-17(7-5-15)14(19)13-10-8-20-9-11(10)13/h10-11,13H,1-9H2,(H,16,18)/t10-,11+,13?,15?. The molecule has 1 aliphatic carbocycles. The monoisotopic (exact) mass is 278 g/mol. The molecule has 0 bridgehead atoms. The van der Waals surface area contributed by atoms with Gasteiger partial charge in [-0.3, -0.25) is 9.59 Å². The molecule has 2 unspecified atom stereocenters. The van der Waals surface area contributed by atoms with Crippen molar-refractivity contribution in [3.8, 4) is 0 Å². The van der Waals surface area contributed by atoms with Crippen molar-refractivity contribution in [3.63, 3.8) is 0 Å². The van der Waals surface area contributed by atoms with Gasteiger partial charge in [-0.15, -0.1) is 0 Å². The summed E-state index contributed by atoms with van der Waals surface area (Å²) in [6.45, 7) is 3.20. The molecule has 4 fully saturated rings. The number of nitrogens with zero attached hydrogens (tertiary/aromatic N) is 1. The minimum atomic E-state index is -0.0192. The maximum atomic E-state index is 12.6. The van der Waals surface area contributed by atoms with Crippen LogP contribution >= 0.6 is 0 Å². The fourth-order valence-corrected chi connectivity index (χ4v) is 4.38. The highest BCUT2D eigenvalue weighted by atomic mass is 16.5. The number of nitrogens with one attached hydrogen (secondary N) is 1. The largest absolute Gasteiger partial charge is 0.381 e. The molecule has 0 radical (unpaired) electrons. The highest BCUT2D eigenvalue weighted by Gasteiger charge is 2.59. The van der Waals surface area contributed by atoms with Crippen LogP contribution in [0.25, 0.3) is 0 Å². The van der Waals surface area contributed by atoms with E-state index in [9.17, 15) is 9.59 Å². The van der Waals surface area contributed by atoms with Crippen LogP contribution in [0.2, 0.25) is 0 Å². The summed E-state index contributed by atoms with van der Waals surface area (Å²) in [6.07, 6.45) is 4.53. The lowest BCUT2D eigenvalue weighted by atomic mass is 9.89. The Bertz CT molecular complexity index is 442. The normalized spacial score (nSPS) is 43.3. The van der Waals surface area contributed by atoms with Crippen molar-refractivity contribution in [3.05, 3.63) is 0 Å². The van der Waals surface area contributed by atoms with E-state index in [1.54, 1.807) is 0 Å². The summed E-state index contributed by atoms with van der Waals surface area (Å²) < 4.78 is 5.37. The van der Waals surface area contributed by atoms with Gasteiger partial charge in [-0.1, -0.05) is 0 Å². The Morgan fingerprint density at radius 2 is 2.00 bits per heavy atom. The van der Waals surface area contributed by atoms with Gasteiger partial charge in [0, 0.05) is 31.0 Å². The SMILES string of the molecule is O=C1CCC2(CCCN(C(=O)C3[C@H]4COC[C@@H]34)CC2)N1. The fraction of sp³-hybridized carbons (Fsp3) is 0.867. The van der Waals surface area contributed by atoms with Crippen LogP contribution in [-0.2, 0) is 14.3 Å². The third-order valence-corrected chi connectivity index (χ3v) is 5.73. The maximum Gasteiger partial charge on any atom is 0.226 e. The minimum absolute atomic E-state index is 0.0192. The maximum absolute atomic E-state index is 12.6. The molecule has 0 aromatic rings. The molecule has 0 aromatic heterocycles. The van der Waals surface area contributed by atoms with Gasteiger partial charge in [0.2, 0.25) is 11.8 Å². The molecule has 5 heteroatoms. The van der Waals surface area contributed by atoms with Gasteiger partial charge in [0.05, 0.1) is 13.2 Å². The number of carbonyl (C=O) groups is 2. The average molecular weight is 278 g/mol. The topological polar surface area (TPSA) is 58.6 Å². The van der Waals surface area contributed by atoms with E-state index in [2.05, 4.69) is 5.32 Å². The zero-order valence-electron chi connectivity index (χ0n) is 11.8. The summed E-state index contributed by atoms with van der Waals surface area (Å²) in [5, 5.41) is 3.16. The van der Waals surface area contributed by atoms with Crippen LogP contribution < -0.4 is 5.32 Å². The van der Waals surface area contributed by atoms with Crippen molar-refractivity contribution in [2.45, 2.75) is 37.6 Å². The summed E-state index contributed by atoms with van der Waals surface area (Å²) >= 11 is 0. The van der Waals surface area contributed by atoms with E-state index in [4.69, 9.17) is 4.74 Å². The molecule has 0 aromatic carbocycles. The Morgan fingerprint density at radius 1 is 1.20 bits per heavy atom. The predicted octanol–water partition coefficient (Wildman–Crippen LogP) is 0.540. The number of carbonyl (C=O) groups excluding carboxylic acids is 2. The molecule has 5 nitrogen and oxygen atoms in total. The highest BCUT2D eigenvalue weighted by molar-refractivity contribution is 5.83. The smallest absolute Gasteiger partial charge is 0.226 e. The van der Waals surface area contributed by atoms with Crippen LogP contribution in [-0.4, -0.2) is 48.6 Å². The molecule has 3 aliphatic heterocycles. The summed E-state index contributed by atoms with van der Waals surface area (Å²) in [5.41, 5.74) is -0.0192. The molecule has 1 saturated carbocycles. The lowest BCUT2D eigenvalue weighted by Crippen LogP contribution is -2.43. The number of hydrogen-bond acceptors (Lipinski definition) is 3. The van der Waals surface area contributed by atoms with Gasteiger partial charge in [-0.05, 0) is 37.5 Å². The fourth-order valence-electron chi connectivity index (χ4n) is 4.38. The first kappa shape index (κ1) is 12.6. The minimum Gasteiger partial charge on any atom is -0.381 e. The Balaban J connectivity index is 1.39. The van der Waals surface area contributed by atoms with Crippen LogP contribution in [0.3, 0.4) is 0 Å². The summed E-state index contributed by atoms with van der Waals surface area (Å²) in [7, 11) is 0. The second-order valence-electron chi connectivity index (χ2n) is 6.90. The molecule has 4 atom stereocenters. The quantitative estimate of drug-likeness (QED) is 0.761. The molecule has 110 valence electrons. The number of fused-ring (bicyclic) bond motifs is 1. The zero-order chi connectivity index (χ0) is 13.7. The van der Waals surface area contributed by atoms with Gasteiger partial charge >= 0.3 is 0 Å². The van der Waals surface area contributed by atoms with Crippen molar-refractivity contribution in [1.29, 1.82) is 0 Å². The average Bonchev–Trinajstić information content (AvgIpc) is 2.78. The Labute approximate surface area is 119 Å². The molecular formula is C15H22N2O3. The van der Waals surface area contributed by atoms with Crippen LogP contribution in [0.15, 0.2) is 0 Å². The lowest BCUT2D eigenvalue weighted by Gasteiger charge is -2.27. The second-order valence-corrected chi connectivity index (χ2v) is 6.90. The van der Waals surface area contributed by atoms with Crippen molar-refractivity contribution >= 4 is 11.8 Å². The van der Waals surface area contributed by atoms with E-state index in [1.165, 1.54) is 0 Å². The van der Waals surface area contributed by atoms with Crippen molar-refractivity contribution in [2.24, 2.45) is 17.8 Å². The molecule has 4 rings (SSSR count). The third-order valence-electron chi connectivity index (χ3n) is 5.73. The van der Waals surface area contributed by atoms with Crippen LogP contribution in [0.5, 0.6) is 0 Å². The van der Waals surface area contributed by atoms with E-state index in [0.29, 0.717) is 24.2 Å². The van der Waals surface area contributed by atoms with Gasteiger partial charge in [-0.2, -0.15) is 0 Å². The number of likely N-dealkylation sites (tertiary alicyclic amines) is 1. The van der Waals surface area contributed by atoms with Gasteiger partial charge in [-0.25, -0.2) is 0 Å². The molecule has 3 heterocycles. The Kier molecular flexibility index (Phi) is 2.81. The van der Waals surface area contributed by atoms with Gasteiger partial charge in [0.1, 0.15) is 0 Å². The van der Waals surface area contributed by atoms with E-state index in [-0.39, 0.29) is 17.4 Å². The second kappa shape index (κ2) is 4.45. The van der Waals surface area contributed by atoms with E-state index >= 15 is 0 Å². The number of rotatable bonds is 1. The van der Waals surface area contributed by atoms with Gasteiger partial charge < -0.3 is 15.0 Å². The zero-order valence-corrected chi connectivity index (χ0v) is 11.8. The number of amides is 2. The van der Waals surface area contributed by atoms with Crippen molar-refractivity contribution in [1.82, 2.24) is 10.2 Å². The Morgan fingerprint density at radius 3 is 2.70 bits per heavy atom. The first-order valence-corrected chi connectivity index (χ1v) is 7.86. The van der Waals surface area contributed by atoms with Crippen LogP contribution in [0, 0.1) is 17.8 Å². The summed E-state index contributed by atoms with van der Waals surface area (Å²) in [5.74, 6) is 1.73.